The van der Waals surface area contributed by atoms with Gasteiger partial charge in [0, 0.05) is 0 Å². The van der Waals surface area contributed by atoms with E-state index in [9.17, 15) is 18.1 Å². The molecular formula is C12H23NaO8S2. The van der Waals surface area contributed by atoms with E-state index in [1.807, 2.05) is 6.92 Å². The number of aliphatic hydroxyl groups is 1. The van der Waals surface area contributed by atoms with E-state index in [2.05, 4.69) is 0 Å². The number of thioether (sulfide) groups is 1. The Morgan fingerprint density at radius 1 is 1.43 bits per heavy atom. The zero-order valence-corrected chi connectivity index (χ0v) is 17.1. The smallest absolute Gasteiger partial charge is 0.748 e. The van der Waals surface area contributed by atoms with Crippen LogP contribution in [-0.4, -0.2) is 74.2 Å². The van der Waals surface area contributed by atoms with Crippen LogP contribution in [-0.2, 0) is 29.4 Å². The molecule has 0 bridgehead atoms. The maximum Gasteiger partial charge on any atom is 1.00 e. The molecule has 0 amide bonds. The van der Waals surface area contributed by atoms with Crippen molar-refractivity contribution in [3.63, 3.8) is 0 Å². The van der Waals surface area contributed by atoms with Crippen LogP contribution in [0.3, 0.4) is 0 Å². The van der Waals surface area contributed by atoms with E-state index in [4.69, 9.17) is 19.2 Å². The second-order valence-electron chi connectivity index (χ2n) is 5.11. The molecule has 3 atom stereocenters. The van der Waals surface area contributed by atoms with Gasteiger partial charge in [0.2, 0.25) is 0 Å². The first-order valence-electron chi connectivity index (χ1n) is 7.04. The van der Waals surface area contributed by atoms with Gasteiger partial charge in [0.25, 0.3) is 0 Å². The van der Waals surface area contributed by atoms with Crippen molar-refractivity contribution in [2.24, 2.45) is 5.92 Å². The largest absolute Gasteiger partial charge is 1.00 e. The fraction of sp³-hybridized carbons (Fsp3) is 1.00. The summed E-state index contributed by atoms with van der Waals surface area (Å²) < 4.78 is 41.1. The van der Waals surface area contributed by atoms with Crippen LogP contribution in [0.25, 0.3) is 0 Å². The van der Waals surface area contributed by atoms with Crippen molar-refractivity contribution in [1.82, 2.24) is 0 Å². The Morgan fingerprint density at radius 3 is 2.74 bits per heavy atom. The molecule has 1 rings (SSSR count). The number of hydrogen-bond acceptors (Lipinski definition) is 9. The van der Waals surface area contributed by atoms with E-state index < -0.39 is 22.2 Å². The second-order valence-corrected chi connectivity index (χ2v) is 7.71. The molecule has 0 saturated carbocycles. The molecule has 0 aliphatic carbocycles. The monoisotopic (exact) mass is 382 g/mol. The summed E-state index contributed by atoms with van der Waals surface area (Å²) in [6, 6.07) is 0. The molecule has 1 N–H and O–H groups in total. The van der Waals surface area contributed by atoms with Gasteiger partial charge >= 0.3 is 29.6 Å². The van der Waals surface area contributed by atoms with Gasteiger partial charge in [-0.15, -0.1) is 0 Å². The molecule has 1 saturated heterocycles. The number of rotatable bonds is 14. The number of epoxide rings is 1. The molecule has 0 spiro atoms. The Bertz CT molecular complexity index is 391. The molecule has 11 heteroatoms. The molecule has 8 nitrogen and oxygen atoms in total. The zero-order valence-electron chi connectivity index (χ0n) is 13.5. The van der Waals surface area contributed by atoms with Gasteiger partial charge in [-0.1, -0.05) is 6.92 Å². The maximum atomic E-state index is 10.4. The third-order valence-electron chi connectivity index (χ3n) is 2.58. The summed E-state index contributed by atoms with van der Waals surface area (Å²) in [7, 11) is -4.47. The third-order valence-corrected chi connectivity index (χ3v) is 4.65. The summed E-state index contributed by atoms with van der Waals surface area (Å²) in [6.45, 7) is 3.85. The van der Waals surface area contributed by atoms with Gasteiger partial charge < -0.3 is 19.1 Å². The molecular weight excluding hydrogens is 359 g/mol. The fourth-order valence-corrected chi connectivity index (χ4v) is 2.83. The van der Waals surface area contributed by atoms with Crippen LogP contribution in [0.2, 0.25) is 0 Å². The Balaban J connectivity index is 0.00000484. The Kier molecular flexibility index (Phi) is 13.9. The second kappa shape index (κ2) is 13.3. The first-order chi connectivity index (χ1) is 10.4. The van der Waals surface area contributed by atoms with Crippen molar-refractivity contribution in [2.75, 3.05) is 43.7 Å². The van der Waals surface area contributed by atoms with E-state index in [1.54, 1.807) is 11.8 Å². The van der Waals surface area contributed by atoms with Crippen LogP contribution < -0.4 is 29.6 Å². The quantitative estimate of drug-likeness (QED) is 0.0637. The van der Waals surface area contributed by atoms with Gasteiger partial charge in [0.1, 0.15) is 12.7 Å². The van der Waals surface area contributed by atoms with Gasteiger partial charge in [-0.05, 0) is 23.8 Å². The number of ether oxygens (including phenoxy) is 2. The molecule has 23 heavy (non-hydrogen) atoms. The minimum absolute atomic E-state index is 0. The van der Waals surface area contributed by atoms with Crippen molar-refractivity contribution in [3.05, 3.63) is 0 Å². The van der Waals surface area contributed by atoms with Gasteiger partial charge in [0.05, 0.1) is 35.7 Å². The van der Waals surface area contributed by atoms with Crippen LogP contribution in [0.1, 0.15) is 13.3 Å². The Hall–Kier alpha value is 1.06. The van der Waals surface area contributed by atoms with Gasteiger partial charge in [0.15, 0.2) is 6.29 Å². The average Bonchev–Trinajstić information content (AvgIpc) is 3.21. The molecule has 1 aliphatic rings. The average molecular weight is 382 g/mol. The summed E-state index contributed by atoms with van der Waals surface area (Å²) in [5.41, 5.74) is 0. The molecule has 1 fully saturated rings. The maximum absolute atomic E-state index is 10.4. The predicted octanol–water partition coefficient (Wildman–Crippen LogP) is -3.02. The SMILES string of the molecule is CC(COC(O)CS(=O)(=O)[O-])CSCCCOOCC1CO1.[Na+]. The normalized spacial score (nSPS) is 19.9. The molecule has 0 radical (unpaired) electrons. The Morgan fingerprint density at radius 2 is 2.13 bits per heavy atom. The van der Waals surface area contributed by atoms with Gasteiger partial charge in [-0.25, -0.2) is 18.2 Å². The van der Waals surface area contributed by atoms with E-state index in [-0.39, 0.29) is 48.2 Å². The summed E-state index contributed by atoms with van der Waals surface area (Å²) in [5.74, 6) is 0.910. The molecule has 0 aromatic carbocycles. The van der Waals surface area contributed by atoms with E-state index in [1.165, 1.54) is 0 Å². The van der Waals surface area contributed by atoms with Crippen LogP contribution >= 0.6 is 11.8 Å². The minimum Gasteiger partial charge on any atom is -0.748 e. The fourth-order valence-electron chi connectivity index (χ4n) is 1.40. The van der Waals surface area contributed by atoms with Gasteiger partial charge in [-0.2, -0.15) is 11.8 Å². The van der Waals surface area contributed by atoms with Crippen LogP contribution in [0.15, 0.2) is 0 Å². The van der Waals surface area contributed by atoms with Crippen molar-refractivity contribution >= 4 is 21.9 Å². The number of hydrogen-bond donors (Lipinski definition) is 1. The van der Waals surface area contributed by atoms with E-state index >= 15 is 0 Å². The van der Waals surface area contributed by atoms with Crippen molar-refractivity contribution in [3.8, 4) is 0 Å². The molecule has 1 aliphatic heterocycles. The molecule has 1 heterocycles. The molecule has 3 unspecified atom stereocenters. The van der Waals surface area contributed by atoms with Crippen molar-refractivity contribution in [1.29, 1.82) is 0 Å². The Labute approximate surface area is 163 Å². The first kappa shape index (κ1) is 24.1. The van der Waals surface area contributed by atoms with Crippen LogP contribution in [0, 0.1) is 5.92 Å². The first-order valence-corrected chi connectivity index (χ1v) is 9.77. The van der Waals surface area contributed by atoms with Crippen LogP contribution in [0.5, 0.6) is 0 Å². The van der Waals surface area contributed by atoms with Crippen LogP contribution in [0.4, 0.5) is 0 Å². The molecule has 0 aromatic heterocycles. The van der Waals surface area contributed by atoms with E-state index in [0.717, 1.165) is 24.5 Å². The summed E-state index contributed by atoms with van der Waals surface area (Å²) in [6.07, 6.45) is -0.515. The summed E-state index contributed by atoms with van der Waals surface area (Å²) >= 11 is 1.70. The van der Waals surface area contributed by atoms with Crippen molar-refractivity contribution in [2.45, 2.75) is 25.7 Å². The minimum atomic E-state index is -4.47. The number of aliphatic hydroxyl groups excluding tert-OH is 1. The topological polar surface area (TPSA) is 118 Å². The van der Waals surface area contributed by atoms with E-state index in [0.29, 0.717) is 13.2 Å². The summed E-state index contributed by atoms with van der Waals surface area (Å²) in [5, 5.41) is 9.22. The third kappa shape index (κ3) is 16.3. The van der Waals surface area contributed by atoms with Crippen molar-refractivity contribution < 1.29 is 66.9 Å². The predicted molar refractivity (Wildman–Crippen MR) is 79.3 cm³/mol. The van der Waals surface area contributed by atoms with Gasteiger partial charge in [-0.3, -0.25) is 0 Å². The molecule has 0 aromatic rings. The zero-order chi connectivity index (χ0) is 16.4. The summed E-state index contributed by atoms with van der Waals surface area (Å²) in [4.78, 5) is 9.91. The standard InChI is InChI=1S/C12H24O8S2.Na/c1-10(5-18-12(13)9-22(14,15)16)8-21-4-2-3-19-20-7-11-6-17-11;/h10-13H,2-9H2,1H3,(H,14,15,16);/q;+1/p-1. The molecule has 132 valence electrons.